The van der Waals surface area contributed by atoms with E-state index < -0.39 is 10.0 Å². The normalized spacial score (nSPS) is 12.0. The first-order chi connectivity index (χ1) is 9.98. The van der Waals surface area contributed by atoms with Crippen molar-refractivity contribution in [1.29, 1.82) is 0 Å². The zero-order valence-corrected chi connectivity index (χ0v) is 13.7. The Balaban J connectivity index is 2.32. The Hall–Kier alpha value is -1.28. The number of rotatable bonds is 6. The van der Waals surface area contributed by atoms with Crippen LogP contribution in [0.15, 0.2) is 34.5 Å². The van der Waals surface area contributed by atoms with Gasteiger partial charge in [-0.15, -0.1) is 11.3 Å². The molecular formula is C14H19N3O2S2. The average Bonchev–Trinajstić information content (AvgIpc) is 2.94. The van der Waals surface area contributed by atoms with E-state index in [1.807, 2.05) is 32.0 Å². The van der Waals surface area contributed by atoms with Gasteiger partial charge in [-0.1, -0.05) is 13.0 Å². The number of nitrogens with two attached hydrogens (primary N) is 1. The van der Waals surface area contributed by atoms with Crippen LogP contribution in [-0.2, 0) is 23.1 Å². The van der Waals surface area contributed by atoms with Gasteiger partial charge in [0.25, 0.3) is 0 Å². The summed E-state index contributed by atoms with van der Waals surface area (Å²) in [6, 6.07) is 7.23. The minimum atomic E-state index is -3.54. The first kappa shape index (κ1) is 16.1. The summed E-state index contributed by atoms with van der Waals surface area (Å²) >= 11 is 1.37. The zero-order chi connectivity index (χ0) is 15.5. The van der Waals surface area contributed by atoms with Crippen LogP contribution in [0.1, 0.15) is 23.2 Å². The smallest absolute Gasteiger partial charge is 0.244 e. The highest BCUT2D eigenvalue weighted by molar-refractivity contribution is 7.89. The highest BCUT2D eigenvalue weighted by atomic mass is 32.2. The highest BCUT2D eigenvalue weighted by Gasteiger charge is 2.26. The molecule has 0 unspecified atom stereocenters. The van der Waals surface area contributed by atoms with Crippen molar-refractivity contribution < 1.29 is 8.42 Å². The van der Waals surface area contributed by atoms with E-state index in [4.69, 9.17) is 5.73 Å². The van der Waals surface area contributed by atoms with Crippen LogP contribution in [0.2, 0.25) is 0 Å². The Labute approximate surface area is 129 Å². The lowest BCUT2D eigenvalue weighted by molar-refractivity contribution is 0.418. The first-order valence-corrected chi connectivity index (χ1v) is 9.00. The highest BCUT2D eigenvalue weighted by Crippen LogP contribution is 2.25. The fourth-order valence-electron chi connectivity index (χ4n) is 2.08. The monoisotopic (exact) mass is 325 g/mol. The molecule has 21 heavy (non-hydrogen) atoms. The van der Waals surface area contributed by atoms with Gasteiger partial charge < -0.3 is 5.73 Å². The molecule has 0 atom stereocenters. The van der Waals surface area contributed by atoms with E-state index in [1.54, 1.807) is 11.4 Å². The maximum Gasteiger partial charge on any atom is 0.244 e. The number of thiophene rings is 1. The van der Waals surface area contributed by atoms with Crippen molar-refractivity contribution in [3.8, 4) is 0 Å². The van der Waals surface area contributed by atoms with Gasteiger partial charge in [-0.25, -0.2) is 8.42 Å². The van der Waals surface area contributed by atoms with Crippen LogP contribution in [-0.4, -0.2) is 24.3 Å². The van der Waals surface area contributed by atoms with Crippen LogP contribution in [0.25, 0.3) is 0 Å². The minimum absolute atomic E-state index is 0.229. The quantitative estimate of drug-likeness (QED) is 0.882. The summed E-state index contributed by atoms with van der Waals surface area (Å²) < 4.78 is 26.9. The van der Waals surface area contributed by atoms with Crippen LogP contribution in [0, 0.1) is 6.92 Å². The van der Waals surface area contributed by atoms with Crippen molar-refractivity contribution in [1.82, 2.24) is 9.29 Å². The summed E-state index contributed by atoms with van der Waals surface area (Å²) in [5.74, 6) is 0. The van der Waals surface area contributed by atoms with E-state index in [-0.39, 0.29) is 13.1 Å². The van der Waals surface area contributed by atoms with E-state index in [0.29, 0.717) is 16.3 Å². The third kappa shape index (κ3) is 3.49. The molecule has 0 amide bonds. The Morgan fingerprint density at radius 2 is 2.10 bits per heavy atom. The molecule has 0 aromatic carbocycles. The SMILES string of the molecule is CCN(Cc1cccc(C)n1)S(=O)(=O)c1ccsc1CN. The van der Waals surface area contributed by atoms with E-state index in [1.165, 1.54) is 15.6 Å². The molecule has 2 heterocycles. The second-order valence-corrected chi connectivity index (χ2v) is 7.52. The number of hydrogen-bond donors (Lipinski definition) is 1. The largest absolute Gasteiger partial charge is 0.326 e. The zero-order valence-electron chi connectivity index (χ0n) is 12.1. The van der Waals surface area contributed by atoms with Crippen molar-refractivity contribution in [3.63, 3.8) is 0 Å². The van der Waals surface area contributed by atoms with E-state index in [0.717, 1.165) is 11.4 Å². The first-order valence-electron chi connectivity index (χ1n) is 6.68. The predicted molar refractivity (Wildman–Crippen MR) is 84.5 cm³/mol. The molecular weight excluding hydrogens is 306 g/mol. The Bertz CT molecular complexity index is 711. The fourth-order valence-corrected chi connectivity index (χ4v) is 4.81. The summed E-state index contributed by atoms with van der Waals surface area (Å²) in [4.78, 5) is 5.37. The molecule has 2 N–H and O–H groups in total. The van der Waals surface area contributed by atoms with E-state index in [2.05, 4.69) is 4.98 Å². The van der Waals surface area contributed by atoms with Crippen molar-refractivity contribution in [2.45, 2.75) is 31.8 Å². The number of pyridine rings is 1. The summed E-state index contributed by atoms with van der Waals surface area (Å²) in [7, 11) is -3.54. The Kier molecular flexibility index (Phi) is 5.10. The molecule has 2 rings (SSSR count). The molecule has 0 saturated carbocycles. The summed E-state index contributed by atoms with van der Waals surface area (Å²) in [5.41, 5.74) is 7.24. The van der Waals surface area contributed by atoms with Gasteiger partial charge in [0, 0.05) is 23.7 Å². The van der Waals surface area contributed by atoms with E-state index >= 15 is 0 Å². The molecule has 0 aliphatic heterocycles. The van der Waals surface area contributed by atoms with Gasteiger partial charge in [0.15, 0.2) is 0 Å². The van der Waals surface area contributed by atoms with Crippen molar-refractivity contribution >= 4 is 21.4 Å². The van der Waals surface area contributed by atoms with Crippen molar-refractivity contribution in [2.24, 2.45) is 5.73 Å². The molecule has 7 heteroatoms. The third-order valence-corrected chi connectivity index (χ3v) is 6.22. The van der Waals surface area contributed by atoms with Gasteiger partial charge in [-0.3, -0.25) is 4.98 Å². The number of aromatic nitrogens is 1. The molecule has 2 aromatic rings. The average molecular weight is 325 g/mol. The number of aryl methyl sites for hydroxylation is 1. The summed E-state index contributed by atoms with van der Waals surface area (Å²) in [5, 5.41) is 1.76. The Morgan fingerprint density at radius 3 is 2.71 bits per heavy atom. The molecule has 2 aromatic heterocycles. The van der Waals surface area contributed by atoms with Crippen molar-refractivity contribution in [2.75, 3.05) is 6.54 Å². The number of nitrogens with zero attached hydrogens (tertiary/aromatic N) is 2. The molecule has 0 aliphatic rings. The van der Waals surface area contributed by atoms with E-state index in [9.17, 15) is 8.42 Å². The maximum atomic E-state index is 12.7. The van der Waals surface area contributed by atoms with Gasteiger partial charge in [0.1, 0.15) is 0 Å². The lowest BCUT2D eigenvalue weighted by Gasteiger charge is -2.20. The van der Waals surface area contributed by atoms with Crippen LogP contribution < -0.4 is 5.73 Å². The van der Waals surface area contributed by atoms with Gasteiger partial charge in [-0.05, 0) is 30.5 Å². The number of hydrogen-bond acceptors (Lipinski definition) is 5. The van der Waals surface area contributed by atoms with Gasteiger partial charge in [0.2, 0.25) is 10.0 Å². The third-order valence-electron chi connectivity index (χ3n) is 3.14. The molecule has 0 saturated heterocycles. The molecule has 0 radical (unpaired) electrons. The van der Waals surface area contributed by atoms with Crippen LogP contribution in [0.4, 0.5) is 0 Å². The molecule has 0 fully saturated rings. The molecule has 114 valence electrons. The van der Waals surface area contributed by atoms with Gasteiger partial charge in [0.05, 0.1) is 17.1 Å². The predicted octanol–water partition coefficient (Wildman–Crippen LogP) is 2.12. The molecule has 0 bridgehead atoms. The van der Waals surface area contributed by atoms with Crippen LogP contribution in [0.3, 0.4) is 0 Å². The summed E-state index contributed by atoms with van der Waals surface area (Å²) in [6.07, 6.45) is 0. The Morgan fingerprint density at radius 1 is 1.33 bits per heavy atom. The van der Waals surface area contributed by atoms with Crippen molar-refractivity contribution in [3.05, 3.63) is 45.9 Å². The standard InChI is InChI=1S/C14H19N3O2S2/c1-3-17(10-12-6-4-5-11(2)16-12)21(18,19)14-7-8-20-13(14)9-15/h4-8H,3,9-10,15H2,1-2H3. The summed E-state index contributed by atoms with van der Waals surface area (Å²) in [6.45, 7) is 4.59. The lowest BCUT2D eigenvalue weighted by Crippen LogP contribution is -2.31. The topological polar surface area (TPSA) is 76.3 Å². The number of sulfonamides is 1. The lowest BCUT2D eigenvalue weighted by atomic mass is 10.3. The van der Waals surface area contributed by atoms with Crippen LogP contribution >= 0.6 is 11.3 Å². The molecule has 0 spiro atoms. The van der Waals surface area contributed by atoms with Gasteiger partial charge in [-0.2, -0.15) is 4.31 Å². The maximum absolute atomic E-state index is 12.7. The second kappa shape index (κ2) is 6.65. The van der Waals surface area contributed by atoms with Crippen LogP contribution in [0.5, 0.6) is 0 Å². The minimum Gasteiger partial charge on any atom is -0.326 e. The van der Waals surface area contributed by atoms with Gasteiger partial charge >= 0.3 is 0 Å². The molecule has 0 aliphatic carbocycles. The second-order valence-electron chi connectivity index (χ2n) is 4.61. The fraction of sp³-hybridized carbons (Fsp3) is 0.357. The molecule has 5 nitrogen and oxygen atoms in total.